The van der Waals surface area contributed by atoms with E-state index in [-0.39, 0.29) is 36.4 Å². The zero-order valence-electron chi connectivity index (χ0n) is 15.3. The number of likely N-dealkylation sites (tertiary alicyclic amines) is 1. The van der Waals surface area contributed by atoms with Gasteiger partial charge >= 0.3 is 0 Å². The summed E-state index contributed by atoms with van der Waals surface area (Å²) < 4.78 is 0. The number of halogens is 1. The van der Waals surface area contributed by atoms with Crippen molar-refractivity contribution in [1.82, 2.24) is 20.4 Å². The lowest BCUT2D eigenvalue weighted by atomic mass is 10.1. The van der Waals surface area contributed by atoms with E-state index in [1.165, 1.54) is 19.4 Å². The van der Waals surface area contributed by atoms with Gasteiger partial charge in [-0.05, 0) is 32.2 Å². The molecule has 1 amide bonds. The number of likely N-dealkylation sites (N-methyl/N-ethyl adjacent to an activating group) is 1. The van der Waals surface area contributed by atoms with Crippen molar-refractivity contribution in [2.45, 2.75) is 39.7 Å². The maximum atomic E-state index is 11.6. The summed E-state index contributed by atoms with van der Waals surface area (Å²) in [4.78, 5) is 20.1. The molecule has 0 unspecified atom stereocenters. The average molecular weight is 439 g/mol. The van der Waals surface area contributed by atoms with Gasteiger partial charge in [-0.1, -0.05) is 13.8 Å². The third-order valence-electron chi connectivity index (χ3n) is 3.82. The minimum atomic E-state index is 0. The van der Waals surface area contributed by atoms with E-state index in [1.54, 1.807) is 19.0 Å². The quantitative estimate of drug-likeness (QED) is 0.358. The van der Waals surface area contributed by atoms with Crippen LogP contribution in [0.5, 0.6) is 0 Å². The zero-order chi connectivity index (χ0) is 16.5. The molecule has 23 heavy (non-hydrogen) atoms. The van der Waals surface area contributed by atoms with E-state index in [0.29, 0.717) is 12.0 Å². The van der Waals surface area contributed by atoms with Gasteiger partial charge in [-0.15, -0.1) is 24.0 Å². The molecule has 6 nitrogen and oxygen atoms in total. The lowest BCUT2D eigenvalue weighted by Gasteiger charge is -2.27. The van der Waals surface area contributed by atoms with Crippen LogP contribution in [0.1, 0.15) is 33.6 Å². The van der Waals surface area contributed by atoms with E-state index in [2.05, 4.69) is 34.4 Å². The maximum absolute atomic E-state index is 11.6. The molecular formula is C16H34IN5O. The van der Waals surface area contributed by atoms with Crippen molar-refractivity contribution in [3.63, 3.8) is 0 Å². The van der Waals surface area contributed by atoms with Crippen LogP contribution in [0, 0.1) is 5.92 Å². The largest absolute Gasteiger partial charge is 0.357 e. The topological polar surface area (TPSA) is 60.0 Å². The number of guanidine groups is 1. The Labute approximate surface area is 158 Å². The van der Waals surface area contributed by atoms with Crippen molar-refractivity contribution in [2.75, 3.05) is 46.8 Å². The van der Waals surface area contributed by atoms with Gasteiger partial charge in [0.25, 0.3) is 0 Å². The molecule has 0 radical (unpaired) electrons. The Kier molecular flexibility index (Phi) is 11.6. The van der Waals surface area contributed by atoms with Gasteiger partial charge in [-0.2, -0.15) is 0 Å². The fraction of sp³-hybridized carbons (Fsp3) is 0.875. The number of carbonyl (C=O) groups is 1. The molecule has 2 N–H and O–H groups in total. The fourth-order valence-electron chi connectivity index (χ4n) is 2.68. The van der Waals surface area contributed by atoms with Gasteiger partial charge in [0.2, 0.25) is 5.91 Å². The standard InChI is InChI=1S/C16H33N5O.HI/c1-6-17-16(19-11-15(22)20(4)5)18-10-14-8-7-9-21(14)12-13(2)3;/h13-14H,6-12H2,1-5H3,(H2,17,18,19);1H/t14-;/m1./s1. The summed E-state index contributed by atoms with van der Waals surface area (Å²) in [6, 6.07) is 0.566. The molecule has 0 saturated carbocycles. The van der Waals surface area contributed by atoms with Gasteiger partial charge in [-0.3, -0.25) is 9.69 Å². The number of carbonyl (C=O) groups excluding carboxylic acids is 1. The molecule has 0 aromatic heterocycles. The molecule has 1 saturated heterocycles. The van der Waals surface area contributed by atoms with Crippen LogP contribution >= 0.6 is 24.0 Å². The molecule has 1 rings (SSSR count). The summed E-state index contributed by atoms with van der Waals surface area (Å²) in [7, 11) is 3.50. The lowest BCUT2D eigenvalue weighted by Crippen LogP contribution is -2.46. The number of hydrogen-bond donors (Lipinski definition) is 2. The smallest absolute Gasteiger partial charge is 0.243 e. The fourth-order valence-corrected chi connectivity index (χ4v) is 2.68. The van der Waals surface area contributed by atoms with Gasteiger partial charge in [0.15, 0.2) is 5.96 Å². The van der Waals surface area contributed by atoms with Crippen LogP contribution in [0.15, 0.2) is 4.99 Å². The normalized spacial score (nSPS) is 18.7. The highest BCUT2D eigenvalue weighted by Gasteiger charge is 2.24. The summed E-state index contributed by atoms with van der Waals surface area (Å²) in [6.45, 7) is 10.8. The highest BCUT2D eigenvalue weighted by molar-refractivity contribution is 14.0. The molecule has 7 heteroatoms. The molecule has 0 spiro atoms. The summed E-state index contributed by atoms with van der Waals surface area (Å²) in [5.41, 5.74) is 0. The number of amides is 1. The van der Waals surface area contributed by atoms with Crippen LogP contribution in [-0.4, -0.2) is 74.5 Å². The predicted molar refractivity (Wildman–Crippen MR) is 108 cm³/mol. The minimum Gasteiger partial charge on any atom is -0.357 e. The maximum Gasteiger partial charge on any atom is 0.243 e. The van der Waals surface area contributed by atoms with Crippen molar-refractivity contribution in [3.8, 4) is 0 Å². The van der Waals surface area contributed by atoms with Crippen LogP contribution in [0.4, 0.5) is 0 Å². The second-order valence-electron chi connectivity index (χ2n) is 6.55. The predicted octanol–water partition coefficient (Wildman–Crippen LogP) is 1.37. The Bertz CT molecular complexity index is 373. The van der Waals surface area contributed by atoms with Crippen LogP contribution < -0.4 is 10.6 Å². The second-order valence-corrected chi connectivity index (χ2v) is 6.55. The van der Waals surface area contributed by atoms with E-state index in [1.807, 2.05) is 6.92 Å². The molecule has 1 atom stereocenters. The summed E-state index contributed by atoms with van der Waals surface area (Å²) in [6.07, 6.45) is 2.50. The Hall–Kier alpha value is -0.570. The molecule has 0 aromatic carbocycles. The molecule has 0 aromatic rings. The van der Waals surface area contributed by atoms with Gasteiger partial charge in [0.1, 0.15) is 6.54 Å². The first-order chi connectivity index (χ1) is 10.4. The van der Waals surface area contributed by atoms with Crippen molar-refractivity contribution in [1.29, 1.82) is 0 Å². The number of rotatable bonds is 7. The number of nitrogens with one attached hydrogen (secondary N) is 2. The van der Waals surface area contributed by atoms with E-state index < -0.39 is 0 Å². The van der Waals surface area contributed by atoms with Gasteiger partial charge in [0.05, 0.1) is 0 Å². The molecule has 1 aliphatic rings. The third kappa shape index (κ3) is 8.74. The highest BCUT2D eigenvalue weighted by atomic mass is 127. The number of hydrogen-bond acceptors (Lipinski definition) is 3. The monoisotopic (exact) mass is 439 g/mol. The van der Waals surface area contributed by atoms with Crippen molar-refractivity contribution in [3.05, 3.63) is 0 Å². The van der Waals surface area contributed by atoms with Crippen molar-refractivity contribution < 1.29 is 4.79 Å². The Morgan fingerprint density at radius 2 is 2.04 bits per heavy atom. The van der Waals surface area contributed by atoms with Crippen molar-refractivity contribution in [2.24, 2.45) is 10.9 Å². The van der Waals surface area contributed by atoms with Gasteiger partial charge in [0, 0.05) is 39.8 Å². The van der Waals surface area contributed by atoms with E-state index >= 15 is 0 Å². The summed E-state index contributed by atoms with van der Waals surface area (Å²) >= 11 is 0. The third-order valence-corrected chi connectivity index (χ3v) is 3.82. The first-order valence-electron chi connectivity index (χ1n) is 8.40. The lowest BCUT2D eigenvalue weighted by molar-refractivity contribution is -0.127. The minimum absolute atomic E-state index is 0. The molecule has 136 valence electrons. The highest BCUT2D eigenvalue weighted by Crippen LogP contribution is 2.17. The Morgan fingerprint density at radius 3 is 2.61 bits per heavy atom. The number of aliphatic imine (C=N–C) groups is 1. The Morgan fingerprint density at radius 1 is 1.35 bits per heavy atom. The molecule has 0 bridgehead atoms. The van der Waals surface area contributed by atoms with Crippen molar-refractivity contribution >= 4 is 35.8 Å². The average Bonchev–Trinajstić information content (AvgIpc) is 2.87. The van der Waals surface area contributed by atoms with E-state index in [9.17, 15) is 4.79 Å². The van der Waals surface area contributed by atoms with Crippen LogP contribution in [0.3, 0.4) is 0 Å². The number of nitrogens with zero attached hydrogens (tertiary/aromatic N) is 3. The van der Waals surface area contributed by atoms with Crippen LogP contribution in [0.25, 0.3) is 0 Å². The molecule has 1 heterocycles. The first-order valence-corrected chi connectivity index (χ1v) is 8.40. The van der Waals surface area contributed by atoms with E-state index in [4.69, 9.17) is 0 Å². The summed E-state index contributed by atoms with van der Waals surface area (Å²) in [5.74, 6) is 1.44. The molecular weight excluding hydrogens is 405 g/mol. The summed E-state index contributed by atoms with van der Waals surface area (Å²) in [5, 5.41) is 6.59. The van der Waals surface area contributed by atoms with Gasteiger partial charge in [-0.25, -0.2) is 4.99 Å². The molecule has 1 fully saturated rings. The van der Waals surface area contributed by atoms with Crippen LogP contribution in [-0.2, 0) is 4.79 Å². The molecule has 1 aliphatic heterocycles. The first kappa shape index (κ1) is 22.4. The zero-order valence-corrected chi connectivity index (χ0v) is 17.6. The SMILES string of the molecule is CCNC(=NCC(=O)N(C)C)NC[C@H]1CCCN1CC(C)C.I. The van der Waals surface area contributed by atoms with Gasteiger partial charge < -0.3 is 15.5 Å². The Balaban J connectivity index is 0.00000484. The second kappa shape index (κ2) is 11.9. The molecule has 0 aliphatic carbocycles. The van der Waals surface area contributed by atoms with E-state index in [0.717, 1.165) is 25.6 Å². The van der Waals surface area contributed by atoms with Crippen LogP contribution in [0.2, 0.25) is 0 Å².